The van der Waals surface area contributed by atoms with Crippen LogP contribution in [-0.2, 0) is 0 Å². The largest absolute Gasteiger partial charge is 0.366 e. The standard InChI is InChI=1S/C10H7N3O2/c14-9-6-1-5-3-11-4-12-8(5)2-7(6)10(15)13-9/h1-3,12H,4H2,(H,13,14,15). The lowest BCUT2D eigenvalue weighted by molar-refractivity contribution is 0.0879. The predicted molar refractivity (Wildman–Crippen MR) is 54.3 cm³/mol. The Labute approximate surface area is 85.2 Å². The molecule has 0 bridgehead atoms. The van der Waals surface area contributed by atoms with Gasteiger partial charge in [0.1, 0.15) is 6.67 Å². The third-order valence-electron chi connectivity index (χ3n) is 2.50. The van der Waals surface area contributed by atoms with Crippen molar-refractivity contribution in [3.8, 4) is 0 Å². The quantitative estimate of drug-likeness (QED) is 0.596. The highest BCUT2D eigenvalue weighted by Crippen LogP contribution is 2.25. The maximum atomic E-state index is 11.4. The summed E-state index contributed by atoms with van der Waals surface area (Å²) in [5, 5.41) is 5.29. The molecule has 0 aromatic heterocycles. The van der Waals surface area contributed by atoms with E-state index in [-0.39, 0.29) is 11.8 Å². The smallest absolute Gasteiger partial charge is 0.259 e. The average molecular weight is 201 g/mol. The van der Waals surface area contributed by atoms with E-state index in [1.54, 1.807) is 18.3 Å². The Balaban J connectivity index is 2.26. The Kier molecular flexibility index (Phi) is 1.45. The van der Waals surface area contributed by atoms with Crippen LogP contribution in [0.4, 0.5) is 5.69 Å². The number of nitrogens with one attached hydrogen (secondary N) is 2. The molecule has 0 aliphatic carbocycles. The van der Waals surface area contributed by atoms with Gasteiger partial charge in [0.15, 0.2) is 0 Å². The third-order valence-corrected chi connectivity index (χ3v) is 2.50. The van der Waals surface area contributed by atoms with Crippen LogP contribution < -0.4 is 10.6 Å². The summed E-state index contributed by atoms with van der Waals surface area (Å²) in [5.74, 6) is -0.668. The van der Waals surface area contributed by atoms with Crippen LogP contribution in [0.15, 0.2) is 17.1 Å². The van der Waals surface area contributed by atoms with Gasteiger partial charge in [0.2, 0.25) is 0 Å². The van der Waals surface area contributed by atoms with Crippen LogP contribution in [0.2, 0.25) is 0 Å². The minimum Gasteiger partial charge on any atom is -0.366 e. The summed E-state index contributed by atoms with van der Waals surface area (Å²) in [6.45, 7) is 0.501. The van der Waals surface area contributed by atoms with Gasteiger partial charge >= 0.3 is 0 Å². The molecule has 1 aromatic carbocycles. The fraction of sp³-hybridized carbons (Fsp3) is 0.100. The van der Waals surface area contributed by atoms with Gasteiger partial charge in [-0.2, -0.15) is 0 Å². The van der Waals surface area contributed by atoms with Crippen LogP contribution in [0.1, 0.15) is 26.3 Å². The Morgan fingerprint density at radius 2 is 1.87 bits per heavy atom. The van der Waals surface area contributed by atoms with Crippen molar-refractivity contribution in [2.24, 2.45) is 4.99 Å². The van der Waals surface area contributed by atoms with Gasteiger partial charge < -0.3 is 5.32 Å². The summed E-state index contributed by atoms with van der Waals surface area (Å²) < 4.78 is 0. The Morgan fingerprint density at radius 1 is 1.13 bits per heavy atom. The average Bonchev–Trinajstić information content (AvgIpc) is 2.52. The highest BCUT2D eigenvalue weighted by atomic mass is 16.2. The van der Waals surface area contributed by atoms with Crippen molar-refractivity contribution in [3.05, 3.63) is 28.8 Å². The molecule has 2 aliphatic heterocycles. The summed E-state index contributed by atoms with van der Waals surface area (Å²) in [5.41, 5.74) is 2.54. The van der Waals surface area contributed by atoms with E-state index in [2.05, 4.69) is 15.6 Å². The van der Waals surface area contributed by atoms with Crippen molar-refractivity contribution in [1.82, 2.24) is 5.32 Å². The van der Waals surface area contributed by atoms with Gasteiger partial charge in [-0.25, -0.2) is 0 Å². The number of hydrogen-bond donors (Lipinski definition) is 2. The second kappa shape index (κ2) is 2.66. The SMILES string of the molecule is O=C1NC(=O)c2cc3c(cc21)C=NCN3. The summed E-state index contributed by atoms with van der Waals surface area (Å²) in [6, 6.07) is 3.37. The van der Waals surface area contributed by atoms with Crippen molar-refractivity contribution in [3.63, 3.8) is 0 Å². The van der Waals surface area contributed by atoms with Gasteiger partial charge in [0.25, 0.3) is 11.8 Å². The molecule has 2 amide bonds. The zero-order valence-corrected chi connectivity index (χ0v) is 7.70. The second-order valence-electron chi connectivity index (χ2n) is 3.41. The maximum Gasteiger partial charge on any atom is 0.259 e. The van der Waals surface area contributed by atoms with E-state index >= 15 is 0 Å². The number of hydrogen-bond acceptors (Lipinski definition) is 4. The molecule has 5 heteroatoms. The van der Waals surface area contributed by atoms with Gasteiger partial charge in [-0.1, -0.05) is 0 Å². The zero-order chi connectivity index (χ0) is 10.4. The highest BCUT2D eigenvalue weighted by Gasteiger charge is 2.28. The molecule has 2 N–H and O–H groups in total. The number of benzene rings is 1. The minimum atomic E-state index is -0.336. The van der Waals surface area contributed by atoms with Gasteiger partial charge in [0.05, 0.1) is 11.1 Å². The molecule has 5 nitrogen and oxygen atoms in total. The molecule has 74 valence electrons. The van der Waals surface area contributed by atoms with Crippen LogP contribution in [0, 0.1) is 0 Å². The lowest BCUT2D eigenvalue weighted by Crippen LogP contribution is -2.19. The van der Waals surface area contributed by atoms with E-state index in [0.29, 0.717) is 17.8 Å². The van der Waals surface area contributed by atoms with Gasteiger partial charge in [-0.3, -0.25) is 19.9 Å². The van der Waals surface area contributed by atoms with Crippen LogP contribution in [0.5, 0.6) is 0 Å². The molecule has 0 fully saturated rings. The summed E-state index contributed by atoms with van der Waals surface area (Å²) in [4.78, 5) is 26.8. The fourth-order valence-electron chi connectivity index (χ4n) is 1.76. The van der Waals surface area contributed by atoms with Crippen LogP contribution in [0.3, 0.4) is 0 Å². The predicted octanol–water partition coefficient (Wildman–Crippen LogP) is 0.372. The molecule has 0 spiro atoms. The molecule has 3 rings (SSSR count). The van der Waals surface area contributed by atoms with Crippen molar-refractivity contribution >= 4 is 23.7 Å². The molecule has 0 unspecified atom stereocenters. The number of carbonyl (C=O) groups is 2. The van der Waals surface area contributed by atoms with E-state index in [4.69, 9.17) is 0 Å². The van der Waals surface area contributed by atoms with Crippen molar-refractivity contribution in [2.45, 2.75) is 0 Å². The van der Waals surface area contributed by atoms with E-state index < -0.39 is 0 Å². The van der Waals surface area contributed by atoms with E-state index in [1.807, 2.05) is 0 Å². The maximum absolute atomic E-state index is 11.4. The van der Waals surface area contributed by atoms with Gasteiger partial charge in [-0.05, 0) is 12.1 Å². The lowest BCUT2D eigenvalue weighted by atomic mass is 10.0. The molecule has 0 saturated carbocycles. The number of carbonyl (C=O) groups excluding carboxylic acids is 2. The van der Waals surface area contributed by atoms with E-state index in [1.165, 1.54) is 0 Å². The molecule has 1 aromatic rings. The third kappa shape index (κ3) is 1.06. The topological polar surface area (TPSA) is 70.6 Å². The molecular formula is C10H7N3O2. The Morgan fingerprint density at radius 3 is 2.67 bits per heavy atom. The number of nitrogens with zero attached hydrogens (tertiary/aromatic N) is 1. The first-order valence-corrected chi connectivity index (χ1v) is 4.53. The first kappa shape index (κ1) is 8.16. The van der Waals surface area contributed by atoms with E-state index in [9.17, 15) is 9.59 Å². The first-order valence-electron chi connectivity index (χ1n) is 4.53. The normalized spacial score (nSPS) is 16.8. The van der Waals surface area contributed by atoms with E-state index in [0.717, 1.165) is 11.3 Å². The Hall–Kier alpha value is -2.17. The number of amides is 2. The molecule has 0 atom stereocenters. The number of anilines is 1. The fourth-order valence-corrected chi connectivity index (χ4v) is 1.76. The molecule has 0 radical (unpaired) electrons. The molecule has 0 saturated heterocycles. The molecule has 15 heavy (non-hydrogen) atoms. The molecule has 2 aliphatic rings. The second-order valence-corrected chi connectivity index (χ2v) is 3.41. The van der Waals surface area contributed by atoms with Crippen molar-refractivity contribution in [1.29, 1.82) is 0 Å². The van der Waals surface area contributed by atoms with Gasteiger partial charge in [-0.15, -0.1) is 0 Å². The van der Waals surface area contributed by atoms with Gasteiger partial charge in [0, 0.05) is 17.5 Å². The van der Waals surface area contributed by atoms with Crippen LogP contribution in [-0.4, -0.2) is 24.7 Å². The number of rotatable bonds is 0. The lowest BCUT2D eigenvalue weighted by Gasteiger charge is -2.12. The molecule has 2 heterocycles. The molecular weight excluding hydrogens is 194 g/mol. The van der Waals surface area contributed by atoms with Crippen LogP contribution >= 0.6 is 0 Å². The summed E-state index contributed by atoms with van der Waals surface area (Å²) in [6.07, 6.45) is 1.70. The minimum absolute atomic E-state index is 0.331. The highest BCUT2D eigenvalue weighted by molar-refractivity contribution is 6.22. The van der Waals surface area contributed by atoms with Crippen molar-refractivity contribution in [2.75, 3.05) is 12.0 Å². The zero-order valence-electron chi connectivity index (χ0n) is 7.70. The number of imide groups is 1. The van der Waals surface area contributed by atoms with Crippen molar-refractivity contribution < 1.29 is 9.59 Å². The first-order chi connectivity index (χ1) is 7.25. The Bertz CT molecular complexity index is 520. The number of aliphatic imine (C=N–C) groups is 1. The van der Waals surface area contributed by atoms with Crippen LogP contribution in [0.25, 0.3) is 0 Å². The number of fused-ring (bicyclic) bond motifs is 2. The monoisotopic (exact) mass is 201 g/mol. The summed E-state index contributed by atoms with van der Waals surface area (Å²) in [7, 11) is 0. The summed E-state index contributed by atoms with van der Waals surface area (Å²) >= 11 is 0.